The van der Waals surface area contributed by atoms with Crippen molar-refractivity contribution in [2.24, 2.45) is 11.8 Å². The Morgan fingerprint density at radius 2 is 1.95 bits per heavy atom. The van der Waals surface area contributed by atoms with Gasteiger partial charge in [0, 0.05) is 12.4 Å². The molecule has 19 heavy (non-hydrogen) atoms. The third-order valence-electron chi connectivity index (χ3n) is 4.02. The van der Waals surface area contributed by atoms with E-state index >= 15 is 0 Å². The fourth-order valence-electron chi connectivity index (χ4n) is 2.83. The molecule has 1 fully saturated rings. The Morgan fingerprint density at radius 1 is 1.21 bits per heavy atom. The Hall–Kier alpha value is -0.310. The van der Waals surface area contributed by atoms with Gasteiger partial charge in [-0.2, -0.15) is 0 Å². The maximum Gasteiger partial charge on any atom is 0.142 e. The Balaban J connectivity index is 1.84. The van der Waals surface area contributed by atoms with Crippen LogP contribution in [0.1, 0.15) is 31.2 Å². The van der Waals surface area contributed by atoms with Crippen LogP contribution >= 0.6 is 23.2 Å². The van der Waals surface area contributed by atoms with Crippen LogP contribution in [0.4, 0.5) is 4.39 Å². The molecular weight excluding hydrogens is 284 g/mol. The molecule has 0 aromatic heterocycles. The van der Waals surface area contributed by atoms with Crippen LogP contribution in [0.5, 0.6) is 0 Å². The van der Waals surface area contributed by atoms with Gasteiger partial charge in [0.15, 0.2) is 0 Å². The van der Waals surface area contributed by atoms with Crippen molar-refractivity contribution in [1.29, 1.82) is 0 Å². The Morgan fingerprint density at radius 3 is 2.68 bits per heavy atom. The molecule has 1 N–H and O–H groups in total. The van der Waals surface area contributed by atoms with E-state index in [1.54, 1.807) is 6.07 Å². The van der Waals surface area contributed by atoms with Gasteiger partial charge in [-0.1, -0.05) is 36.6 Å². The van der Waals surface area contributed by atoms with Gasteiger partial charge in [0.2, 0.25) is 0 Å². The van der Waals surface area contributed by atoms with Crippen LogP contribution in [0.2, 0.25) is 5.02 Å². The molecule has 0 bridgehead atoms. The monoisotopic (exact) mass is 303 g/mol. The van der Waals surface area contributed by atoms with Crippen molar-refractivity contribution in [3.05, 3.63) is 34.6 Å². The number of halogens is 3. The molecule has 106 valence electrons. The van der Waals surface area contributed by atoms with E-state index in [4.69, 9.17) is 23.2 Å². The van der Waals surface area contributed by atoms with Crippen LogP contribution in [0, 0.1) is 17.7 Å². The summed E-state index contributed by atoms with van der Waals surface area (Å²) < 4.78 is 13.3. The smallest absolute Gasteiger partial charge is 0.142 e. The van der Waals surface area contributed by atoms with Crippen molar-refractivity contribution in [2.75, 3.05) is 12.4 Å². The van der Waals surface area contributed by atoms with Crippen molar-refractivity contribution in [1.82, 2.24) is 5.32 Å². The summed E-state index contributed by atoms with van der Waals surface area (Å²) in [6, 6.07) is 4.94. The molecule has 1 aliphatic carbocycles. The standard InChI is InChI=1S/C15H20Cl2FN/c16-8-11-4-1-2-5-12(11)9-19-10-13-6-3-7-14(18)15(13)17/h3,6-7,11-12,19H,1-2,4-5,8-10H2. The molecule has 2 rings (SSSR count). The second-order valence-corrected chi connectivity index (χ2v) is 5.99. The van der Waals surface area contributed by atoms with E-state index in [0.29, 0.717) is 18.4 Å². The molecule has 2 unspecified atom stereocenters. The lowest BCUT2D eigenvalue weighted by atomic mass is 9.80. The number of hydrogen-bond acceptors (Lipinski definition) is 1. The lowest BCUT2D eigenvalue weighted by Crippen LogP contribution is -2.31. The minimum Gasteiger partial charge on any atom is -0.312 e. The van der Waals surface area contributed by atoms with Gasteiger partial charge in [-0.25, -0.2) is 4.39 Å². The van der Waals surface area contributed by atoms with Gasteiger partial charge >= 0.3 is 0 Å². The summed E-state index contributed by atoms with van der Waals surface area (Å²) in [4.78, 5) is 0. The fraction of sp³-hybridized carbons (Fsp3) is 0.600. The van der Waals surface area contributed by atoms with Gasteiger partial charge in [0.25, 0.3) is 0 Å². The molecule has 1 saturated carbocycles. The van der Waals surface area contributed by atoms with Crippen LogP contribution in [0.25, 0.3) is 0 Å². The second kappa shape index (κ2) is 7.47. The minimum absolute atomic E-state index is 0.229. The minimum atomic E-state index is -0.350. The molecule has 4 heteroatoms. The Labute approximate surface area is 124 Å². The number of nitrogens with one attached hydrogen (secondary N) is 1. The summed E-state index contributed by atoms with van der Waals surface area (Å²) in [6.45, 7) is 1.55. The third kappa shape index (κ3) is 4.08. The van der Waals surface area contributed by atoms with E-state index < -0.39 is 0 Å². The van der Waals surface area contributed by atoms with E-state index in [0.717, 1.165) is 18.0 Å². The van der Waals surface area contributed by atoms with Crippen LogP contribution in [0.15, 0.2) is 18.2 Å². The third-order valence-corrected chi connectivity index (χ3v) is 4.84. The lowest BCUT2D eigenvalue weighted by molar-refractivity contribution is 0.250. The Bertz CT molecular complexity index is 411. The molecule has 1 aromatic carbocycles. The zero-order valence-electron chi connectivity index (χ0n) is 11.0. The van der Waals surface area contributed by atoms with Crippen molar-refractivity contribution in [3.63, 3.8) is 0 Å². The summed E-state index contributed by atoms with van der Waals surface area (Å²) in [5.41, 5.74) is 0.819. The first-order valence-electron chi connectivity index (χ1n) is 6.92. The average molecular weight is 304 g/mol. The molecular formula is C15H20Cl2FN. The van der Waals surface area contributed by atoms with Crippen molar-refractivity contribution < 1.29 is 4.39 Å². The second-order valence-electron chi connectivity index (χ2n) is 5.30. The van der Waals surface area contributed by atoms with Crippen molar-refractivity contribution >= 4 is 23.2 Å². The van der Waals surface area contributed by atoms with Gasteiger partial charge in [-0.3, -0.25) is 0 Å². The highest BCUT2D eigenvalue weighted by molar-refractivity contribution is 6.31. The summed E-state index contributed by atoms with van der Waals surface area (Å²) in [7, 11) is 0. The summed E-state index contributed by atoms with van der Waals surface area (Å²) >= 11 is 12.0. The van der Waals surface area contributed by atoms with E-state index in [1.165, 1.54) is 31.7 Å². The predicted octanol–water partition coefficient (Wildman–Crippen LogP) is 4.61. The Kier molecular flexibility index (Phi) is 5.93. The molecule has 0 heterocycles. The normalized spacial score (nSPS) is 23.5. The van der Waals surface area contributed by atoms with Gasteiger partial charge in [-0.15, -0.1) is 11.6 Å². The maximum absolute atomic E-state index is 13.3. The highest BCUT2D eigenvalue weighted by Gasteiger charge is 2.23. The van der Waals surface area contributed by atoms with Gasteiger partial charge in [0.1, 0.15) is 5.82 Å². The molecule has 0 aliphatic heterocycles. The molecule has 0 amide bonds. The largest absolute Gasteiger partial charge is 0.312 e. The lowest BCUT2D eigenvalue weighted by Gasteiger charge is -2.30. The first kappa shape index (κ1) is 15.1. The van der Waals surface area contributed by atoms with Crippen LogP contribution in [-0.2, 0) is 6.54 Å². The quantitative estimate of drug-likeness (QED) is 0.783. The number of alkyl halides is 1. The van der Waals surface area contributed by atoms with Gasteiger partial charge in [0.05, 0.1) is 5.02 Å². The van der Waals surface area contributed by atoms with E-state index in [1.807, 2.05) is 6.07 Å². The number of rotatable bonds is 5. The summed E-state index contributed by atoms with van der Waals surface area (Å²) in [6.07, 6.45) is 5.06. The van der Waals surface area contributed by atoms with Crippen molar-refractivity contribution in [2.45, 2.75) is 32.2 Å². The SMILES string of the molecule is Fc1cccc(CNCC2CCCCC2CCl)c1Cl. The average Bonchev–Trinajstić information content (AvgIpc) is 2.44. The van der Waals surface area contributed by atoms with Crippen LogP contribution < -0.4 is 5.32 Å². The molecule has 0 saturated heterocycles. The molecule has 0 spiro atoms. The molecule has 0 radical (unpaired) electrons. The van der Waals surface area contributed by atoms with E-state index in [-0.39, 0.29) is 10.8 Å². The zero-order chi connectivity index (χ0) is 13.7. The van der Waals surface area contributed by atoms with Gasteiger partial charge in [-0.05, 0) is 42.9 Å². The number of benzene rings is 1. The fourth-order valence-corrected chi connectivity index (χ4v) is 3.43. The molecule has 1 aromatic rings. The van der Waals surface area contributed by atoms with E-state index in [9.17, 15) is 4.39 Å². The van der Waals surface area contributed by atoms with Crippen LogP contribution in [0.3, 0.4) is 0 Å². The first-order chi connectivity index (χ1) is 9.22. The zero-order valence-corrected chi connectivity index (χ0v) is 12.5. The van der Waals surface area contributed by atoms with Gasteiger partial charge < -0.3 is 5.32 Å². The molecule has 1 aliphatic rings. The summed E-state index contributed by atoms with van der Waals surface area (Å²) in [5, 5.41) is 3.62. The predicted molar refractivity (Wildman–Crippen MR) is 79.3 cm³/mol. The highest BCUT2D eigenvalue weighted by atomic mass is 35.5. The maximum atomic E-state index is 13.3. The molecule has 2 atom stereocenters. The number of hydrogen-bond donors (Lipinski definition) is 1. The topological polar surface area (TPSA) is 12.0 Å². The highest BCUT2D eigenvalue weighted by Crippen LogP contribution is 2.30. The summed E-state index contributed by atoms with van der Waals surface area (Å²) in [5.74, 6) is 1.65. The van der Waals surface area contributed by atoms with Crippen LogP contribution in [-0.4, -0.2) is 12.4 Å². The molecule has 1 nitrogen and oxygen atoms in total. The first-order valence-corrected chi connectivity index (χ1v) is 7.83. The van der Waals surface area contributed by atoms with E-state index in [2.05, 4.69) is 5.32 Å². The van der Waals surface area contributed by atoms with Crippen molar-refractivity contribution in [3.8, 4) is 0 Å².